The van der Waals surface area contributed by atoms with Crippen LogP contribution < -0.4 is 5.32 Å². The Labute approximate surface area is 97.6 Å². The molecular weight excluding hydrogens is 204 g/mol. The molecule has 1 aliphatic heterocycles. The van der Waals surface area contributed by atoms with E-state index in [0.29, 0.717) is 12.6 Å². The number of carbonyl (C=O) groups excluding carboxylic acids is 1. The van der Waals surface area contributed by atoms with Crippen LogP contribution in [0.5, 0.6) is 0 Å². The van der Waals surface area contributed by atoms with E-state index in [-0.39, 0.29) is 12.1 Å². The van der Waals surface area contributed by atoms with E-state index >= 15 is 0 Å². The van der Waals surface area contributed by atoms with E-state index in [9.17, 15) is 4.79 Å². The van der Waals surface area contributed by atoms with E-state index < -0.39 is 5.60 Å². The van der Waals surface area contributed by atoms with Crippen LogP contribution in [0.4, 0.5) is 4.79 Å². The minimum atomic E-state index is -0.606. The van der Waals surface area contributed by atoms with Gasteiger partial charge in [0.1, 0.15) is 5.60 Å². The summed E-state index contributed by atoms with van der Waals surface area (Å²) in [5.74, 6) is 0. The number of hydrogen-bond donors (Lipinski definition) is 1. The maximum absolute atomic E-state index is 12.0. The summed E-state index contributed by atoms with van der Waals surface area (Å²) in [6, 6.07) is 0.486. The van der Waals surface area contributed by atoms with Gasteiger partial charge in [0.15, 0.2) is 0 Å². The fourth-order valence-corrected chi connectivity index (χ4v) is 1.60. The Hall–Kier alpha value is -1.03. The molecule has 4 heteroatoms. The van der Waals surface area contributed by atoms with Gasteiger partial charge in [-0.25, -0.2) is 4.79 Å². The highest BCUT2D eigenvalue weighted by atomic mass is 16.6. The minimum Gasteiger partial charge on any atom is -0.439 e. The molecule has 0 spiro atoms. The molecular formula is C12H22N2O2. The Morgan fingerprint density at radius 2 is 2.19 bits per heavy atom. The maximum atomic E-state index is 12.0. The average Bonchev–Trinajstić information content (AvgIpc) is 2.21. The third-order valence-corrected chi connectivity index (χ3v) is 2.84. The number of carbonyl (C=O) groups is 1. The Morgan fingerprint density at radius 3 is 2.75 bits per heavy atom. The summed E-state index contributed by atoms with van der Waals surface area (Å²) >= 11 is 0. The third-order valence-electron chi connectivity index (χ3n) is 2.84. The van der Waals surface area contributed by atoms with Gasteiger partial charge in [0, 0.05) is 25.2 Å². The lowest BCUT2D eigenvalue weighted by Gasteiger charge is -2.38. The molecule has 1 aliphatic rings. The zero-order valence-corrected chi connectivity index (χ0v) is 10.6. The Balaban J connectivity index is 2.62. The van der Waals surface area contributed by atoms with Crippen molar-refractivity contribution in [2.45, 2.75) is 45.4 Å². The van der Waals surface area contributed by atoms with Crippen LogP contribution in [0.3, 0.4) is 0 Å². The van der Waals surface area contributed by atoms with Crippen LogP contribution in [0, 0.1) is 0 Å². The molecule has 0 radical (unpaired) electrons. The summed E-state index contributed by atoms with van der Waals surface area (Å²) in [7, 11) is 0. The lowest BCUT2D eigenvalue weighted by Crippen LogP contribution is -2.57. The molecule has 1 rings (SSSR count). The van der Waals surface area contributed by atoms with E-state index in [1.165, 1.54) is 0 Å². The second kappa shape index (κ2) is 4.87. The topological polar surface area (TPSA) is 41.6 Å². The molecule has 0 saturated carbocycles. The summed E-state index contributed by atoms with van der Waals surface area (Å²) in [5.41, 5.74) is -0.606. The highest BCUT2D eigenvalue weighted by Crippen LogP contribution is 2.15. The maximum Gasteiger partial charge on any atom is 0.410 e. The van der Waals surface area contributed by atoms with E-state index in [1.54, 1.807) is 11.0 Å². The highest BCUT2D eigenvalue weighted by Gasteiger charge is 2.30. The lowest BCUT2D eigenvalue weighted by molar-refractivity contribution is 0.0242. The van der Waals surface area contributed by atoms with Crippen molar-refractivity contribution in [3.63, 3.8) is 0 Å². The van der Waals surface area contributed by atoms with E-state index in [1.807, 2.05) is 20.8 Å². The van der Waals surface area contributed by atoms with Crippen molar-refractivity contribution < 1.29 is 9.53 Å². The van der Waals surface area contributed by atoms with Crippen molar-refractivity contribution in [1.29, 1.82) is 0 Å². The molecule has 1 amide bonds. The molecule has 16 heavy (non-hydrogen) atoms. The summed E-state index contributed by atoms with van der Waals surface area (Å²) < 4.78 is 5.39. The predicted octanol–water partition coefficient (Wildman–Crippen LogP) is 1.77. The fraction of sp³-hybridized carbons (Fsp3) is 0.750. The van der Waals surface area contributed by atoms with Gasteiger partial charge in [-0.2, -0.15) is 0 Å². The van der Waals surface area contributed by atoms with Gasteiger partial charge in [-0.05, 0) is 33.8 Å². The number of rotatable bonds is 2. The standard InChI is InChI=1S/C12H22N2O2/c1-6-12(4,5)16-11(15)14-8-9(2)13-7-10(14)3/h6,9-10,13H,1,7-8H2,2-5H3/t9-,10+/m0/s1. The zero-order chi connectivity index (χ0) is 12.3. The Bertz CT molecular complexity index is 276. The number of hydrogen-bond acceptors (Lipinski definition) is 3. The van der Waals surface area contributed by atoms with Crippen LogP contribution >= 0.6 is 0 Å². The van der Waals surface area contributed by atoms with Crippen LogP contribution in [0.15, 0.2) is 12.7 Å². The van der Waals surface area contributed by atoms with Gasteiger partial charge in [-0.15, -0.1) is 0 Å². The zero-order valence-electron chi connectivity index (χ0n) is 10.6. The molecule has 1 heterocycles. The molecule has 0 aromatic carbocycles. The van der Waals surface area contributed by atoms with Gasteiger partial charge in [0.2, 0.25) is 0 Å². The molecule has 0 aromatic heterocycles. The summed E-state index contributed by atoms with van der Waals surface area (Å²) in [5, 5.41) is 3.32. The van der Waals surface area contributed by atoms with E-state index in [2.05, 4.69) is 18.8 Å². The van der Waals surface area contributed by atoms with E-state index in [0.717, 1.165) is 6.54 Å². The summed E-state index contributed by atoms with van der Waals surface area (Å²) in [6.45, 7) is 12.9. The van der Waals surface area contributed by atoms with Gasteiger partial charge < -0.3 is 15.0 Å². The minimum absolute atomic E-state index is 0.171. The molecule has 92 valence electrons. The number of piperazine rings is 1. The van der Waals surface area contributed by atoms with Crippen molar-refractivity contribution >= 4 is 6.09 Å². The third kappa shape index (κ3) is 3.23. The molecule has 4 nitrogen and oxygen atoms in total. The number of ether oxygens (including phenoxy) is 1. The first-order chi connectivity index (χ1) is 7.35. The molecule has 0 unspecified atom stereocenters. The quantitative estimate of drug-likeness (QED) is 0.730. The summed E-state index contributed by atoms with van der Waals surface area (Å²) in [4.78, 5) is 13.7. The van der Waals surface area contributed by atoms with Crippen molar-refractivity contribution in [2.75, 3.05) is 13.1 Å². The SMILES string of the molecule is C=CC(C)(C)OC(=O)N1C[C@H](C)NC[C@H]1C. The van der Waals surface area contributed by atoms with Crippen LogP contribution in [-0.2, 0) is 4.74 Å². The fourth-order valence-electron chi connectivity index (χ4n) is 1.60. The first-order valence-corrected chi connectivity index (χ1v) is 5.72. The van der Waals surface area contributed by atoms with Crippen molar-refractivity contribution in [3.8, 4) is 0 Å². The smallest absolute Gasteiger partial charge is 0.410 e. The monoisotopic (exact) mass is 226 g/mol. The second-order valence-electron chi connectivity index (χ2n) is 4.99. The normalized spacial score (nSPS) is 26.4. The van der Waals surface area contributed by atoms with Crippen LogP contribution in [0.1, 0.15) is 27.7 Å². The largest absolute Gasteiger partial charge is 0.439 e. The predicted molar refractivity (Wildman–Crippen MR) is 64.4 cm³/mol. The first-order valence-electron chi connectivity index (χ1n) is 5.72. The molecule has 1 fully saturated rings. The lowest BCUT2D eigenvalue weighted by atomic mass is 10.1. The van der Waals surface area contributed by atoms with Crippen molar-refractivity contribution in [2.24, 2.45) is 0 Å². The highest BCUT2D eigenvalue weighted by molar-refractivity contribution is 5.69. The molecule has 0 aromatic rings. The molecule has 2 atom stereocenters. The van der Waals surface area contributed by atoms with Gasteiger partial charge in [-0.1, -0.05) is 6.58 Å². The van der Waals surface area contributed by atoms with Gasteiger partial charge >= 0.3 is 6.09 Å². The van der Waals surface area contributed by atoms with Crippen molar-refractivity contribution in [3.05, 3.63) is 12.7 Å². The first kappa shape index (κ1) is 13.0. The molecule has 0 bridgehead atoms. The Morgan fingerprint density at radius 1 is 1.56 bits per heavy atom. The van der Waals surface area contributed by atoms with Crippen LogP contribution in [0.25, 0.3) is 0 Å². The van der Waals surface area contributed by atoms with Crippen LogP contribution in [-0.4, -0.2) is 41.8 Å². The molecule has 1 saturated heterocycles. The summed E-state index contributed by atoms with van der Waals surface area (Å²) in [6.07, 6.45) is 1.38. The van der Waals surface area contributed by atoms with Crippen molar-refractivity contribution in [1.82, 2.24) is 10.2 Å². The van der Waals surface area contributed by atoms with Gasteiger partial charge in [0.05, 0.1) is 0 Å². The average molecular weight is 226 g/mol. The number of nitrogens with zero attached hydrogens (tertiary/aromatic N) is 1. The Kier molecular flexibility index (Phi) is 3.97. The molecule has 0 aliphatic carbocycles. The number of amides is 1. The second-order valence-corrected chi connectivity index (χ2v) is 4.99. The molecule has 1 N–H and O–H groups in total. The van der Waals surface area contributed by atoms with E-state index in [4.69, 9.17) is 4.74 Å². The number of nitrogens with one attached hydrogen (secondary N) is 1. The van der Waals surface area contributed by atoms with Crippen LogP contribution in [0.2, 0.25) is 0 Å². The van der Waals surface area contributed by atoms with Gasteiger partial charge in [0.25, 0.3) is 0 Å². The van der Waals surface area contributed by atoms with Gasteiger partial charge in [-0.3, -0.25) is 0 Å².